The number of nitrogens with zero attached hydrogens (tertiary/aromatic N) is 3. The Balaban J connectivity index is 1.52. The van der Waals surface area contributed by atoms with Crippen LogP contribution in [0.15, 0.2) is 40.7 Å². The second-order valence-corrected chi connectivity index (χ2v) is 7.94. The van der Waals surface area contributed by atoms with E-state index in [0.717, 1.165) is 74.3 Å². The fourth-order valence-electron chi connectivity index (χ4n) is 3.36. The van der Waals surface area contributed by atoms with Crippen molar-refractivity contribution in [3.05, 3.63) is 41.4 Å². The molecule has 1 fully saturated rings. The van der Waals surface area contributed by atoms with E-state index in [2.05, 4.69) is 34.7 Å². The summed E-state index contributed by atoms with van der Waals surface area (Å²) in [5.74, 6) is 0.972. The predicted octanol–water partition coefficient (Wildman–Crippen LogP) is 3.79. The van der Waals surface area contributed by atoms with Crippen LogP contribution in [0, 0.1) is 0 Å². The molecule has 2 heterocycles. The molecule has 2 aromatic rings. The Hall–Kier alpha value is -1.96. The molecule has 0 unspecified atom stereocenters. The summed E-state index contributed by atoms with van der Waals surface area (Å²) in [5.41, 5.74) is 2.17. The molecule has 3 rings (SSSR count). The number of likely N-dealkylation sites (tertiary alicyclic amines) is 1. The predicted molar refractivity (Wildman–Crippen MR) is 119 cm³/mol. The Morgan fingerprint density at radius 3 is 2.76 bits per heavy atom. The molecule has 29 heavy (non-hydrogen) atoms. The third kappa shape index (κ3) is 6.80. The van der Waals surface area contributed by atoms with Gasteiger partial charge in [0.2, 0.25) is 0 Å². The number of ether oxygens (including phenoxy) is 2. The highest BCUT2D eigenvalue weighted by Gasteiger charge is 2.21. The van der Waals surface area contributed by atoms with Gasteiger partial charge in [0.25, 0.3) is 0 Å². The number of hydrogen-bond acceptors (Lipinski definition) is 5. The fraction of sp³-hybridized carbons (Fsp3) is 0.545. The summed E-state index contributed by atoms with van der Waals surface area (Å²) in [6.07, 6.45) is 3.37. The van der Waals surface area contributed by atoms with Gasteiger partial charge in [0, 0.05) is 50.9 Å². The first-order valence-electron chi connectivity index (χ1n) is 10.4. The first-order chi connectivity index (χ1) is 14.3. The molecule has 1 saturated heterocycles. The van der Waals surface area contributed by atoms with E-state index in [4.69, 9.17) is 19.5 Å². The fourth-order valence-corrected chi connectivity index (χ4v) is 4.18. The van der Waals surface area contributed by atoms with Gasteiger partial charge in [-0.15, -0.1) is 11.3 Å². The van der Waals surface area contributed by atoms with Crippen molar-refractivity contribution in [1.82, 2.24) is 15.2 Å². The largest absolute Gasteiger partial charge is 0.385 e. The second kappa shape index (κ2) is 11.9. The number of aliphatic imine (C=N–C) groups is 1. The number of aromatic nitrogens is 1. The summed E-state index contributed by atoms with van der Waals surface area (Å²) in [4.78, 5) is 11.9. The van der Waals surface area contributed by atoms with Gasteiger partial charge in [0.1, 0.15) is 5.01 Å². The molecule has 0 radical (unpaired) electrons. The van der Waals surface area contributed by atoms with Crippen LogP contribution in [0.1, 0.15) is 31.9 Å². The Morgan fingerprint density at radius 1 is 1.24 bits per heavy atom. The quantitative estimate of drug-likeness (QED) is 0.383. The van der Waals surface area contributed by atoms with Crippen LogP contribution in [0.4, 0.5) is 0 Å². The molecule has 1 aromatic heterocycles. The van der Waals surface area contributed by atoms with E-state index in [9.17, 15) is 0 Å². The van der Waals surface area contributed by atoms with Crippen molar-refractivity contribution in [2.75, 3.05) is 40.0 Å². The van der Waals surface area contributed by atoms with E-state index in [-0.39, 0.29) is 0 Å². The lowest BCUT2D eigenvalue weighted by Crippen LogP contribution is -2.47. The Labute approximate surface area is 178 Å². The lowest BCUT2D eigenvalue weighted by molar-refractivity contribution is 0.00990. The minimum absolute atomic E-state index is 0.345. The third-order valence-electron chi connectivity index (χ3n) is 4.89. The molecular weight excluding hydrogens is 384 g/mol. The number of methoxy groups -OCH3 is 1. The van der Waals surface area contributed by atoms with Crippen LogP contribution >= 0.6 is 11.3 Å². The topological polar surface area (TPSA) is 59.0 Å². The second-order valence-electron chi connectivity index (χ2n) is 7.08. The van der Waals surface area contributed by atoms with E-state index in [0.29, 0.717) is 12.6 Å². The molecule has 158 valence electrons. The zero-order valence-electron chi connectivity index (χ0n) is 17.5. The number of thiazole rings is 1. The Kier molecular flexibility index (Phi) is 8.92. The van der Waals surface area contributed by atoms with Crippen LogP contribution in [0.5, 0.6) is 0 Å². The van der Waals surface area contributed by atoms with E-state index in [1.807, 2.05) is 18.2 Å². The average Bonchev–Trinajstić information content (AvgIpc) is 3.24. The van der Waals surface area contributed by atoms with Crippen LogP contribution in [-0.4, -0.2) is 61.9 Å². The molecule has 0 atom stereocenters. The molecule has 1 aliphatic heterocycles. The summed E-state index contributed by atoms with van der Waals surface area (Å²) in [5, 5.41) is 6.59. The summed E-state index contributed by atoms with van der Waals surface area (Å²) in [6, 6.07) is 10.3. The summed E-state index contributed by atoms with van der Waals surface area (Å²) < 4.78 is 11.1. The number of piperidine rings is 1. The zero-order chi connectivity index (χ0) is 20.3. The number of benzene rings is 1. The maximum atomic E-state index is 5.97. The number of hydrogen-bond donors (Lipinski definition) is 1. The van der Waals surface area contributed by atoms with Crippen LogP contribution in [-0.2, 0) is 16.0 Å². The zero-order valence-corrected chi connectivity index (χ0v) is 18.3. The summed E-state index contributed by atoms with van der Waals surface area (Å²) in [6.45, 7) is 7.04. The minimum atomic E-state index is 0.345. The molecule has 7 heteroatoms. The van der Waals surface area contributed by atoms with Crippen LogP contribution in [0.25, 0.3) is 10.6 Å². The van der Waals surface area contributed by atoms with Gasteiger partial charge in [0.05, 0.1) is 18.3 Å². The molecule has 0 bridgehead atoms. The van der Waals surface area contributed by atoms with Gasteiger partial charge >= 0.3 is 0 Å². The van der Waals surface area contributed by atoms with Gasteiger partial charge in [0.15, 0.2) is 5.96 Å². The molecular formula is C22H32N4O2S. The molecule has 6 nitrogen and oxygen atoms in total. The van der Waals surface area contributed by atoms with Crippen molar-refractivity contribution in [1.29, 1.82) is 0 Å². The van der Waals surface area contributed by atoms with E-state index >= 15 is 0 Å². The Bertz CT molecular complexity index is 742. The summed E-state index contributed by atoms with van der Waals surface area (Å²) in [7, 11) is 1.73. The molecule has 0 saturated carbocycles. The van der Waals surface area contributed by atoms with Gasteiger partial charge < -0.3 is 19.7 Å². The van der Waals surface area contributed by atoms with Crippen molar-refractivity contribution < 1.29 is 9.47 Å². The van der Waals surface area contributed by atoms with Gasteiger partial charge in [-0.1, -0.05) is 30.3 Å². The van der Waals surface area contributed by atoms with E-state index in [1.54, 1.807) is 18.4 Å². The van der Waals surface area contributed by atoms with Gasteiger partial charge in [-0.2, -0.15) is 0 Å². The molecule has 1 aliphatic rings. The van der Waals surface area contributed by atoms with E-state index in [1.165, 1.54) is 0 Å². The maximum Gasteiger partial charge on any atom is 0.194 e. The highest BCUT2D eigenvalue weighted by molar-refractivity contribution is 7.13. The molecule has 0 aliphatic carbocycles. The van der Waals surface area contributed by atoms with Gasteiger partial charge in [-0.3, -0.25) is 0 Å². The molecule has 1 aromatic carbocycles. The number of guanidine groups is 1. The SMILES string of the molecule is CCNC(=NCc1csc(-c2ccccc2)n1)N1CCC(OCCCOC)CC1. The smallest absolute Gasteiger partial charge is 0.194 e. The van der Waals surface area contributed by atoms with Crippen molar-refractivity contribution >= 4 is 17.3 Å². The Morgan fingerprint density at radius 2 is 2.03 bits per heavy atom. The maximum absolute atomic E-state index is 5.97. The van der Waals surface area contributed by atoms with Crippen LogP contribution in [0.3, 0.4) is 0 Å². The van der Waals surface area contributed by atoms with Crippen molar-refractivity contribution in [3.63, 3.8) is 0 Å². The van der Waals surface area contributed by atoms with Crippen molar-refractivity contribution in [2.24, 2.45) is 4.99 Å². The van der Waals surface area contributed by atoms with Crippen LogP contribution in [0.2, 0.25) is 0 Å². The first kappa shape index (κ1) is 21.7. The first-order valence-corrected chi connectivity index (χ1v) is 11.3. The highest BCUT2D eigenvalue weighted by Crippen LogP contribution is 2.23. The minimum Gasteiger partial charge on any atom is -0.385 e. The molecule has 0 spiro atoms. The lowest BCUT2D eigenvalue weighted by atomic mass is 10.1. The average molecular weight is 417 g/mol. The standard InChI is InChI=1S/C22H32N4O2S/c1-3-23-22(26-12-10-20(11-13-26)28-15-7-14-27-2)24-16-19-17-29-21(25-19)18-8-5-4-6-9-18/h4-6,8-9,17,20H,3,7,10-16H2,1-2H3,(H,23,24). The normalized spacial score (nSPS) is 15.7. The molecule has 1 N–H and O–H groups in total. The lowest BCUT2D eigenvalue weighted by Gasteiger charge is -2.34. The highest BCUT2D eigenvalue weighted by atomic mass is 32.1. The van der Waals surface area contributed by atoms with Crippen molar-refractivity contribution in [3.8, 4) is 10.6 Å². The van der Waals surface area contributed by atoms with Gasteiger partial charge in [-0.05, 0) is 26.2 Å². The monoisotopic (exact) mass is 416 g/mol. The van der Waals surface area contributed by atoms with Gasteiger partial charge in [-0.25, -0.2) is 9.98 Å². The van der Waals surface area contributed by atoms with Crippen LogP contribution < -0.4 is 5.32 Å². The summed E-state index contributed by atoms with van der Waals surface area (Å²) >= 11 is 1.67. The number of rotatable bonds is 9. The third-order valence-corrected chi connectivity index (χ3v) is 5.83. The molecule has 0 amide bonds. The van der Waals surface area contributed by atoms with E-state index < -0.39 is 0 Å². The number of nitrogens with one attached hydrogen (secondary N) is 1. The van der Waals surface area contributed by atoms with Crippen molar-refractivity contribution in [2.45, 2.75) is 38.8 Å².